The molecule has 0 spiro atoms. The first-order chi connectivity index (χ1) is 22.4. The van der Waals surface area contributed by atoms with Crippen LogP contribution in [0.3, 0.4) is 0 Å². The molecule has 2 aromatic carbocycles. The van der Waals surface area contributed by atoms with Gasteiger partial charge in [0.2, 0.25) is 0 Å². The van der Waals surface area contributed by atoms with Crippen LogP contribution in [0.25, 0.3) is 0 Å². The van der Waals surface area contributed by atoms with Crippen LogP contribution in [0.5, 0.6) is 0 Å². The van der Waals surface area contributed by atoms with E-state index in [1.807, 2.05) is 31.2 Å². The molecule has 0 saturated carbocycles. The molecule has 3 rings (SSSR count). The number of nitrogens with zero attached hydrogens (tertiary/aromatic N) is 1. The molecule has 2 unspecified atom stereocenters. The Kier molecular flexibility index (Phi) is 13.2. The van der Waals surface area contributed by atoms with Gasteiger partial charge < -0.3 is 24.3 Å². The quantitative estimate of drug-likeness (QED) is 0.0862. The molecule has 1 aliphatic heterocycles. The van der Waals surface area contributed by atoms with Crippen LogP contribution in [0.1, 0.15) is 76.0 Å². The largest absolute Gasteiger partial charge is 0.466 e. The minimum Gasteiger partial charge on any atom is -0.466 e. The normalized spacial score (nSPS) is 15.1. The number of allylic oxidation sites excluding steroid dienone is 2. The second kappa shape index (κ2) is 17.1. The van der Waals surface area contributed by atoms with Gasteiger partial charge in [0.25, 0.3) is 5.69 Å². The predicted molar refractivity (Wildman–Crippen MR) is 172 cm³/mol. The molecule has 12 heteroatoms. The number of nitro groups is 1. The molecule has 2 atom stereocenters. The molecule has 1 N–H and O–H groups in total. The van der Waals surface area contributed by atoms with Gasteiger partial charge in [0.15, 0.2) is 5.92 Å². The third kappa shape index (κ3) is 9.27. The number of carbonyl (C=O) groups excluding carboxylic acids is 4. The van der Waals surface area contributed by atoms with Crippen molar-refractivity contribution in [1.82, 2.24) is 5.32 Å². The third-order valence-electron chi connectivity index (χ3n) is 8.00. The minimum atomic E-state index is -0.985. The molecule has 47 heavy (non-hydrogen) atoms. The van der Waals surface area contributed by atoms with Crippen LogP contribution in [-0.4, -0.2) is 55.7 Å². The molecule has 1 aliphatic rings. The number of dihydropyridines is 1. The number of hydrogen-bond acceptors (Lipinski definition) is 11. The Morgan fingerprint density at radius 2 is 1.47 bits per heavy atom. The highest BCUT2D eigenvalue weighted by Gasteiger charge is 2.38. The van der Waals surface area contributed by atoms with Crippen molar-refractivity contribution >= 4 is 29.6 Å². The lowest BCUT2D eigenvalue weighted by Crippen LogP contribution is -2.32. The number of carbonyl (C=O) groups is 4. The van der Waals surface area contributed by atoms with E-state index in [0.29, 0.717) is 29.8 Å². The highest BCUT2D eigenvalue weighted by molar-refractivity contribution is 6.00. The summed E-state index contributed by atoms with van der Waals surface area (Å²) in [6.07, 6.45) is 1.24. The van der Waals surface area contributed by atoms with E-state index in [9.17, 15) is 29.3 Å². The van der Waals surface area contributed by atoms with E-state index >= 15 is 0 Å². The molecule has 0 fully saturated rings. The molecule has 12 nitrogen and oxygen atoms in total. The lowest BCUT2D eigenvalue weighted by molar-refractivity contribution is -0.384. The van der Waals surface area contributed by atoms with Gasteiger partial charge >= 0.3 is 23.9 Å². The molecule has 0 radical (unpaired) electrons. The van der Waals surface area contributed by atoms with Gasteiger partial charge in [-0.3, -0.25) is 19.7 Å². The second-order valence-electron chi connectivity index (χ2n) is 11.1. The van der Waals surface area contributed by atoms with Crippen molar-refractivity contribution in [2.75, 3.05) is 26.9 Å². The number of methoxy groups -OCH3 is 1. The van der Waals surface area contributed by atoms with E-state index in [2.05, 4.69) is 5.32 Å². The van der Waals surface area contributed by atoms with Crippen molar-refractivity contribution in [3.63, 3.8) is 0 Å². The first kappa shape index (κ1) is 36.5. The van der Waals surface area contributed by atoms with E-state index in [0.717, 1.165) is 11.1 Å². The molecule has 0 amide bonds. The number of esters is 4. The first-order valence-corrected chi connectivity index (χ1v) is 15.5. The number of benzene rings is 2. The molecule has 2 aromatic rings. The van der Waals surface area contributed by atoms with Crippen LogP contribution >= 0.6 is 0 Å². The summed E-state index contributed by atoms with van der Waals surface area (Å²) in [5, 5.41) is 14.6. The van der Waals surface area contributed by atoms with Gasteiger partial charge in [-0.1, -0.05) is 43.3 Å². The lowest BCUT2D eigenvalue weighted by atomic mass is 9.80. The minimum absolute atomic E-state index is 0.0172. The SMILES string of the molecule is CCOC(=O)C(CCc1ccc(C(C)CCOC(=O)C2=C(C)NC(C)=C(C(=O)OC)C2c2cccc([N+](=O)[O-])c2)cc1)C(=O)OCC. The van der Waals surface area contributed by atoms with Gasteiger partial charge in [-0.2, -0.15) is 0 Å². The van der Waals surface area contributed by atoms with Gasteiger partial charge in [0.05, 0.1) is 48.9 Å². The van der Waals surface area contributed by atoms with Crippen molar-refractivity contribution in [2.24, 2.45) is 5.92 Å². The van der Waals surface area contributed by atoms with Gasteiger partial charge in [0, 0.05) is 23.5 Å². The fraction of sp³-hybridized carbons (Fsp3) is 0.429. The molecule has 0 aromatic heterocycles. The maximum absolute atomic E-state index is 13.5. The Morgan fingerprint density at radius 3 is 2.02 bits per heavy atom. The Balaban J connectivity index is 1.69. The van der Waals surface area contributed by atoms with Crippen LogP contribution in [0.15, 0.2) is 71.1 Å². The average molecular weight is 651 g/mol. The summed E-state index contributed by atoms with van der Waals surface area (Å²) in [4.78, 5) is 61.9. The second-order valence-corrected chi connectivity index (χ2v) is 11.1. The topological polar surface area (TPSA) is 160 Å². The van der Waals surface area contributed by atoms with Gasteiger partial charge in [-0.25, -0.2) is 9.59 Å². The summed E-state index contributed by atoms with van der Waals surface area (Å²) in [7, 11) is 1.23. The van der Waals surface area contributed by atoms with Gasteiger partial charge in [0.1, 0.15) is 0 Å². The molecule has 1 heterocycles. The van der Waals surface area contributed by atoms with Crippen LogP contribution in [0, 0.1) is 16.0 Å². The van der Waals surface area contributed by atoms with Crippen molar-refractivity contribution in [3.8, 4) is 0 Å². The maximum Gasteiger partial charge on any atom is 0.336 e. The Hall–Kier alpha value is -5.00. The number of aryl methyl sites for hydroxylation is 1. The Labute approximate surface area is 274 Å². The Bertz CT molecular complexity index is 1530. The smallest absolute Gasteiger partial charge is 0.336 e. The molecule has 0 bridgehead atoms. The lowest BCUT2D eigenvalue weighted by Gasteiger charge is -2.30. The number of hydrogen-bond donors (Lipinski definition) is 1. The summed E-state index contributed by atoms with van der Waals surface area (Å²) >= 11 is 0. The molecular formula is C35H42N2O10. The van der Waals surface area contributed by atoms with Crippen LogP contribution in [0.2, 0.25) is 0 Å². The summed E-state index contributed by atoms with van der Waals surface area (Å²) < 4.78 is 20.8. The van der Waals surface area contributed by atoms with Crippen molar-refractivity contribution < 1.29 is 43.0 Å². The standard InChI is InChI=1S/C35H42N2O10/c1-7-45-32(38)28(33(39)46-8-2)17-14-24-12-15-25(16-13-24)21(3)18-19-47-35(41)30-23(5)36-22(4)29(34(40)44-6)31(30)26-10-9-11-27(20-26)37(42)43/h9-13,15-16,20-21,28,31,36H,7-8,14,17-19H2,1-6H3. The fourth-order valence-corrected chi connectivity index (χ4v) is 5.51. The number of nitrogens with one attached hydrogen (secondary N) is 1. The zero-order chi connectivity index (χ0) is 34.7. The third-order valence-corrected chi connectivity index (χ3v) is 8.00. The van der Waals surface area contributed by atoms with Gasteiger partial charge in [-0.05, 0) is 69.6 Å². The van der Waals surface area contributed by atoms with E-state index < -0.39 is 40.6 Å². The number of nitro benzene ring substituents is 1. The molecule has 252 valence electrons. The molecule has 0 aliphatic carbocycles. The highest BCUT2D eigenvalue weighted by atomic mass is 16.6. The molecular weight excluding hydrogens is 608 g/mol. The van der Waals surface area contributed by atoms with E-state index in [4.69, 9.17) is 18.9 Å². The van der Waals surface area contributed by atoms with Crippen molar-refractivity contribution in [3.05, 3.63) is 97.9 Å². The zero-order valence-corrected chi connectivity index (χ0v) is 27.6. The van der Waals surface area contributed by atoms with Crippen molar-refractivity contribution in [1.29, 1.82) is 0 Å². The van der Waals surface area contributed by atoms with E-state index in [1.165, 1.54) is 25.3 Å². The van der Waals surface area contributed by atoms with Crippen LogP contribution < -0.4 is 5.32 Å². The van der Waals surface area contributed by atoms with Crippen LogP contribution in [0.4, 0.5) is 5.69 Å². The fourth-order valence-electron chi connectivity index (χ4n) is 5.51. The summed E-state index contributed by atoms with van der Waals surface area (Å²) in [5.41, 5.74) is 3.42. The van der Waals surface area contributed by atoms with Crippen molar-refractivity contribution in [2.45, 2.75) is 65.7 Å². The number of non-ortho nitro benzene ring substituents is 1. The maximum atomic E-state index is 13.5. The van der Waals surface area contributed by atoms with E-state index in [-0.39, 0.29) is 49.0 Å². The first-order valence-electron chi connectivity index (χ1n) is 15.5. The number of ether oxygens (including phenoxy) is 4. The molecule has 0 saturated heterocycles. The predicted octanol–water partition coefficient (Wildman–Crippen LogP) is 5.41. The van der Waals surface area contributed by atoms with E-state index in [1.54, 1.807) is 33.8 Å². The monoisotopic (exact) mass is 650 g/mol. The van der Waals surface area contributed by atoms with Crippen LogP contribution in [-0.2, 0) is 44.5 Å². The summed E-state index contributed by atoms with van der Waals surface area (Å²) in [5.74, 6) is -4.41. The highest BCUT2D eigenvalue weighted by Crippen LogP contribution is 2.40. The summed E-state index contributed by atoms with van der Waals surface area (Å²) in [6.45, 7) is 9.16. The number of rotatable bonds is 15. The van der Waals surface area contributed by atoms with Gasteiger partial charge in [-0.15, -0.1) is 0 Å². The summed E-state index contributed by atoms with van der Waals surface area (Å²) in [6, 6.07) is 13.6. The average Bonchev–Trinajstić information content (AvgIpc) is 3.04. The zero-order valence-electron chi connectivity index (χ0n) is 27.6. The Morgan fingerprint density at radius 1 is 0.872 bits per heavy atom.